The Kier molecular flexibility index (Phi) is 9.88. The number of rotatable bonds is 9. The van der Waals surface area contributed by atoms with Gasteiger partial charge in [-0.3, -0.25) is 9.59 Å². The third kappa shape index (κ3) is 7.73. The van der Waals surface area contributed by atoms with Gasteiger partial charge in [-0.1, -0.05) is 30.7 Å². The van der Waals surface area contributed by atoms with E-state index >= 15 is 0 Å². The Labute approximate surface area is 214 Å². The van der Waals surface area contributed by atoms with Crippen molar-refractivity contribution in [2.24, 2.45) is 11.7 Å². The lowest BCUT2D eigenvalue weighted by molar-refractivity contribution is -0.143. The minimum absolute atomic E-state index is 0.0392. The van der Waals surface area contributed by atoms with Crippen LogP contribution >= 0.6 is 0 Å². The molecule has 1 spiro atoms. The number of hydrogen-bond acceptors (Lipinski definition) is 8. The second-order valence-corrected chi connectivity index (χ2v) is 10.4. The van der Waals surface area contributed by atoms with Crippen LogP contribution in [0.2, 0.25) is 0 Å². The van der Waals surface area contributed by atoms with E-state index in [9.17, 15) is 14.7 Å². The zero-order valence-corrected chi connectivity index (χ0v) is 22.0. The number of carbonyl (C=O) groups excluding carboxylic acids is 2. The highest BCUT2D eigenvalue weighted by Gasteiger charge is 2.58. The fourth-order valence-corrected chi connectivity index (χ4v) is 4.91. The minimum Gasteiger partial charge on any atom is -0.459 e. The number of aliphatic hydroxyl groups excluding tert-OH is 1. The lowest BCUT2D eigenvalue weighted by Gasteiger charge is -2.39. The van der Waals surface area contributed by atoms with E-state index in [1.165, 1.54) is 13.0 Å². The number of allylic oxidation sites excluding steroid dienone is 2. The highest BCUT2D eigenvalue weighted by Crippen LogP contribution is 2.42. The van der Waals surface area contributed by atoms with Crippen molar-refractivity contribution in [1.82, 2.24) is 5.32 Å². The van der Waals surface area contributed by atoms with Crippen molar-refractivity contribution in [3.8, 4) is 0 Å². The number of nitrogens with two attached hydrogens (primary N) is 1. The molecule has 202 valence electrons. The summed E-state index contributed by atoms with van der Waals surface area (Å²) in [6, 6.07) is -0.0974. The number of amides is 1. The first-order valence-electron chi connectivity index (χ1n) is 12.9. The maximum absolute atomic E-state index is 12.3. The Morgan fingerprint density at radius 2 is 1.97 bits per heavy atom. The van der Waals surface area contributed by atoms with E-state index < -0.39 is 23.9 Å². The van der Waals surface area contributed by atoms with Gasteiger partial charge in [-0.2, -0.15) is 0 Å². The summed E-state index contributed by atoms with van der Waals surface area (Å²) >= 11 is 0. The fourth-order valence-electron chi connectivity index (χ4n) is 4.91. The second-order valence-electron chi connectivity index (χ2n) is 10.4. The SMILES string of the molecule is CC(=O)O[C@@H](C)C=CC(=O)N[C@@H]1C[C@H](C)[C@H](CC=C(C)C=C[C@H]2O[C@H](CN)C[C@@]3(CO3)[C@@H]2O)O[C@@H]1C. The van der Waals surface area contributed by atoms with E-state index in [1.54, 1.807) is 13.0 Å². The van der Waals surface area contributed by atoms with E-state index in [2.05, 4.69) is 18.3 Å². The molecule has 0 aliphatic carbocycles. The fraction of sp³-hybridized carbons (Fsp3) is 0.704. The van der Waals surface area contributed by atoms with Gasteiger partial charge >= 0.3 is 5.97 Å². The van der Waals surface area contributed by atoms with Crippen LogP contribution in [0.4, 0.5) is 0 Å². The van der Waals surface area contributed by atoms with Crippen molar-refractivity contribution >= 4 is 11.9 Å². The monoisotopic (exact) mass is 506 g/mol. The lowest BCUT2D eigenvalue weighted by Crippen LogP contribution is -2.51. The number of esters is 1. The first-order valence-corrected chi connectivity index (χ1v) is 12.9. The van der Waals surface area contributed by atoms with Gasteiger partial charge < -0.3 is 35.1 Å². The summed E-state index contributed by atoms with van der Waals surface area (Å²) in [5.74, 6) is -0.365. The van der Waals surface area contributed by atoms with E-state index in [-0.39, 0.29) is 42.1 Å². The number of aliphatic hydroxyl groups is 1. The average molecular weight is 507 g/mol. The van der Waals surface area contributed by atoms with Crippen molar-refractivity contribution in [3.63, 3.8) is 0 Å². The molecule has 3 heterocycles. The van der Waals surface area contributed by atoms with Crippen LogP contribution in [0.25, 0.3) is 0 Å². The lowest BCUT2D eigenvalue weighted by atomic mass is 9.87. The molecule has 0 radical (unpaired) electrons. The zero-order chi connectivity index (χ0) is 26.5. The van der Waals surface area contributed by atoms with Gasteiger partial charge in [0.25, 0.3) is 0 Å². The molecule has 9 atom stereocenters. The third-order valence-electron chi connectivity index (χ3n) is 7.19. The number of carbonyl (C=O) groups is 2. The van der Waals surface area contributed by atoms with Gasteiger partial charge in [0.1, 0.15) is 23.9 Å². The van der Waals surface area contributed by atoms with Crippen molar-refractivity contribution in [2.45, 2.75) is 102 Å². The smallest absolute Gasteiger partial charge is 0.303 e. The Hall–Kier alpha value is -2.04. The van der Waals surface area contributed by atoms with Crippen LogP contribution in [-0.4, -0.2) is 78.4 Å². The van der Waals surface area contributed by atoms with Crippen LogP contribution in [0, 0.1) is 5.92 Å². The number of epoxide rings is 1. The quantitative estimate of drug-likeness (QED) is 0.187. The van der Waals surface area contributed by atoms with Crippen LogP contribution in [0.15, 0.2) is 36.0 Å². The largest absolute Gasteiger partial charge is 0.459 e. The molecule has 3 rings (SSSR count). The van der Waals surface area contributed by atoms with Gasteiger partial charge in [0.15, 0.2) is 0 Å². The summed E-state index contributed by atoms with van der Waals surface area (Å²) in [5.41, 5.74) is 6.35. The maximum atomic E-state index is 12.3. The minimum atomic E-state index is -0.696. The van der Waals surface area contributed by atoms with E-state index in [1.807, 2.05) is 26.0 Å². The molecule has 0 unspecified atom stereocenters. The van der Waals surface area contributed by atoms with Crippen LogP contribution < -0.4 is 11.1 Å². The highest BCUT2D eigenvalue weighted by atomic mass is 16.6. The van der Waals surface area contributed by atoms with Gasteiger partial charge in [0.2, 0.25) is 5.91 Å². The van der Waals surface area contributed by atoms with E-state index in [4.69, 9.17) is 24.7 Å². The highest BCUT2D eigenvalue weighted by molar-refractivity contribution is 5.87. The predicted molar refractivity (Wildman–Crippen MR) is 135 cm³/mol. The van der Waals surface area contributed by atoms with Crippen LogP contribution in [-0.2, 0) is 28.5 Å². The molecule has 0 aromatic carbocycles. The van der Waals surface area contributed by atoms with Crippen molar-refractivity contribution in [2.75, 3.05) is 13.2 Å². The molecule has 4 N–H and O–H groups in total. The summed E-state index contributed by atoms with van der Waals surface area (Å²) in [4.78, 5) is 23.3. The van der Waals surface area contributed by atoms with Gasteiger partial charge in [-0.25, -0.2) is 0 Å². The molecule has 9 nitrogen and oxygen atoms in total. The van der Waals surface area contributed by atoms with E-state index in [0.29, 0.717) is 19.6 Å². The van der Waals surface area contributed by atoms with Crippen LogP contribution in [0.5, 0.6) is 0 Å². The summed E-state index contributed by atoms with van der Waals surface area (Å²) in [5, 5.41) is 13.6. The first-order chi connectivity index (χ1) is 17.0. The van der Waals surface area contributed by atoms with Crippen molar-refractivity contribution in [3.05, 3.63) is 36.0 Å². The predicted octanol–water partition coefficient (Wildman–Crippen LogP) is 1.93. The zero-order valence-electron chi connectivity index (χ0n) is 22.0. The average Bonchev–Trinajstić information content (AvgIpc) is 3.59. The normalized spacial score (nSPS) is 37.9. The molecule has 36 heavy (non-hydrogen) atoms. The topological polar surface area (TPSA) is 133 Å². The first kappa shape index (κ1) is 28.5. The molecule has 3 fully saturated rings. The Morgan fingerprint density at radius 3 is 2.61 bits per heavy atom. The number of hydrogen-bond donors (Lipinski definition) is 3. The Morgan fingerprint density at radius 1 is 1.25 bits per heavy atom. The maximum Gasteiger partial charge on any atom is 0.303 e. The van der Waals surface area contributed by atoms with Crippen LogP contribution in [0.3, 0.4) is 0 Å². The third-order valence-corrected chi connectivity index (χ3v) is 7.19. The van der Waals surface area contributed by atoms with Gasteiger partial charge in [0.05, 0.1) is 31.0 Å². The summed E-state index contributed by atoms with van der Waals surface area (Å²) in [6.45, 7) is 10.1. The molecule has 3 aliphatic rings. The molecule has 0 bridgehead atoms. The second kappa shape index (κ2) is 12.5. The van der Waals surface area contributed by atoms with Crippen molar-refractivity contribution in [1.29, 1.82) is 0 Å². The van der Waals surface area contributed by atoms with Crippen LogP contribution in [0.1, 0.15) is 53.9 Å². The summed E-state index contributed by atoms with van der Waals surface area (Å²) in [6.07, 6.45) is 9.30. The van der Waals surface area contributed by atoms with Gasteiger partial charge in [-0.05, 0) is 45.6 Å². The molecule has 1 amide bonds. The molecule has 0 saturated carbocycles. The molecular formula is C27H42N2O7. The Bertz CT molecular complexity index is 866. The summed E-state index contributed by atoms with van der Waals surface area (Å²) < 4.78 is 22.7. The van der Waals surface area contributed by atoms with Crippen molar-refractivity contribution < 1.29 is 33.6 Å². The molecule has 0 aromatic rings. The number of nitrogens with one attached hydrogen (secondary N) is 1. The van der Waals surface area contributed by atoms with Gasteiger partial charge in [-0.15, -0.1) is 0 Å². The molecule has 9 heteroatoms. The summed E-state index contributed by atoms with van der Waals surface area (Å²) in [7, 11) is 0. The molecular weight excluding hydrogens is 464 g/mol. The van der Waals surface area contributed by atoms with Gasteiger partial charge in [0, 0.05) is 26.0 Å². The molecule has 3 saturated heterocycles. The van der Waals surface area contributed by atoms with E-state index in [0.717, 1.165) is 18.4 Å². The molecule has 0 aromatic heterocycles. The number of ether oxygens (including phenoxy) is 4. The molecule has 3 aliphatic heterocycles. The standard InChI is InChI=1S/C27H42N2O7/c1-16(7-10-24-26(32)27(15-33-27)13-21(14-28)36-24)6-9-23-17(2)12-22(19(4)35-23)29-25(31)11-8-18(3)34-20(5)30/h6-8,10-11,17-19,21-24,26,32H,9,12-15,28H2,1-5H3,(H,29,31)/t17-,18-,19+,21-,22+,23-,24+,26+,27+/m0/s1. The Balaban J connectivity index is 1.48.